The zero-order chi connectivity index (χ0) is 17.7. The van der Waals surface area contributed by atoms with Crippen LogP contribution in [0.25, 0.3) is 0 Å². The lowest BCUT2D eigenvalue weighted by Gasteiger charge is -2.10. The Morgan fingerprint density at radius 1 is 1.29 bits per heavy atom. The van der Waals surface area contributed by atoms with Gasteiger partial charge in [0.05, 0.1) is 23.8 Å². The Hall–Kier alpha value is -2.61. The van der Waals surface area contributed by atoms with E-state index in [0.717, 1.165) is 10.0 Å². The second kappa shape index (κ2) is 7.78. The molecule has 0 saturated carbocycles. The number of nitrogens with one attached hydrogen (secondary N) is 1. The summed E-state index contributed by atoms with van der Waals surface area (Å²) in [4.78, 5) is 22.5. The topological polar surface area (TPSA) is 90.7 Å². The van der Waals surface area contributed by atoms with Crippen LogP contribution in [0.4, 0.5) is 11.4 Å². The summed E-state index contributed by atoms with van der Waals surface area (Å²) in [6.07, 6.45) is 0. The lowest BCUT2D eigenvalue weighted by atomic mass is 10.2. The van der Waals surface area contributed by atoms with E-state index in [1.807, 2.05) is 19.1 Å². The minimum atomic E-state index is -0.591. The summed E-state index contributed by atoms with van der Waals surface area (Å²) < 4.78 is 11.0. The molecular weight excluding hydrogens is 380 g/mol. The highest BCUT2D eigenvalue weighted by Gasteiger charge is 2.17. The van der Waals surface area contributed by atoms with E-state index < -0.39 is 10.8 Å². The smallest absolute Gasteiger partial charge is 0.314 e. The minimum Gasteiger partial charge on any atom is -0.496 e. The molecule has 0 spiro atoms. The zero-order valence-electron chi connectivity index (χ0n) is 13.0. The van der Waals surface area contributed by atoms with Crippen molar-refractivity contribution >= 4 is 33.2 Å². The normalized spacial score (nSPS) is 10.1. The van der Waals surface area contributed by atoms with Crippen LogP contribution >= 0.6 is 15.9 Å². The summed E-state index contributed by atoms with van der Waals surface area (Å²) in [5.74, 6) is -0.0920. The number of rotatable bonds is 6. The van der Waals surface area contributed by atoms with Crippen molar-refractivity contribution in [1.82, 2.24) is 0 Å². The van der Waals surface area contributed by atoms with Gasteiger partial charge in [-0.2, -0.15) is 0 Å². The molecule has 0 aromatic heterocycles. The first-order chi connectivity index (χ1) is 11.4. The lowest BCUT2D eigenvalue weighted by Crippen LogP contribution is -2.20. The molecule has 7 nitrogen and oxygen atoms in total. The van der Waals surface area contributed by atoms with Crippen molar-refractivity contribution < 1.29 is 19.2 Å². The first kappa shape index (κ1) is 17.7. The van der Waals surface area contributed by atoms with Crippen LogP contribution in [0.15, 0.2) is 40.9 Å². The van der Waals surface area contributed by atoms with Gasteiger partial charge in [0.15, 0.2) is 12.4 Å². The first-order valence-electron chi connectivity index (χ1n) is 6.92. The number of amides is 1. The lowest BCUT2D eigenvalue weighted by molar-refractivity contribution is -0.385. The van der Waals surface area contributed by atoms with Crippen LogP contribution in [-0.4, -0.2) is 24.5 Å². The van der Waals surface area contributed by atoms with Gasteiger partial charge in [-0.3, -0.25) is 14.9 Å². The van der Waals surface area contributed by atoms with Crippen molar-refractivity contribution in [1.29, 1.82) is 0 Å². The summed E-state index contributed by atoms with van der Waals surface area (Å²) >= 11 is 3.36. The van der Waals surface area contributed by atoms with Gasteiger partial charge in [0.25, 0.3) is 5.91 Å². The van der Waals surface area contributed by atoms with Crippen LogP contribution in [-0.2, 0) is 4.79 Å². The Morgan fingerprint density at radius 2 is 2.04 bits per heavy atom. The number of nitrogens with zero attached hydrogens (tertiary/aromatic N) is 1. The predicted molar refractivity (Wildman–Crippen MR) is 92.7 cm³/mol. The molecule has 0 atom stereocenters. The summed E-state index contributed by atoms with van der Waals surface area (Å²) in [6.45, 7) is 1.58. The zero-order valence-corrected chi connectivity index (χ0v) is 14.6. The molecular formula is C16H15BrN2O5. The Kier molecular flexibility index (Phi) is 5.75. The third-order valence-electron chi connectivity index (χ3n) is 3.12. The van der Waals surface area contributed by atoms with Gasteiger partial charge in [0.2, 0.25) is 0 Å². The summed E-state index contributed by atoms with van der Waals surface area (Å²) in [7, 11) is 1.41. The molecule has 0 aliphatic carbocycles. The third kappa shape index (κ3) is 4.45. The molecule has 2 aromatic rings. The monoisotopic (exact) mass is 394 g/mol. The van der Waals surface area contributed by atoms with Crippen LogP contribution < -0.4 is 14.8 Å². The second-order valence-corrected chi connectivity index (χ2v) is 5.77. The van der Waals surface area contributed by atoms with Gasteiger partial charge in [-0.05, 0) is 52.7 Å². The Morgan fingerprint density at radius 3 is 2.67 bits per heavy atom. The van der Waals surface area contributed by atoms with Crippen molar-refractivity contribution in [3.05, 3.63) is 56.5 Å². The van der Waals surface area contributed by atoms with Crippen LogP contribution in [0.5, 0.6) is 11.5 Å². The number of anilines is 1. The van der Waals surface area contributed by atoms with Gasteiger partial charge in [0, 0.05) is 4.47 Å². The van der Waals surface area contributed by atoms with E-state index in [4.69, 9.17) is 9.47 Å². The number of aryl methyl sites for hydroxylation is 1. The number of halogens is 1. The fourth-order valence-corrected chi connectivity index (χ4v) is 2.53. The molecule has 126 valence electrons. The fraction of sp³-hybridized carbons (Fsp3) is 0.188. The molecule has 1 N–H and O–H groups in total. The van der Waals surface area contributed by atoms with E-state index in [9.17, 15) is 14.9 Å². The van der Waals surface area contributed by atoms with Crippen LogP contribution in [0, 0.1) is 17.0 Å². The molecule has 1 amide bonds. The molecule has 0 saturated heterocycles. The standard InChI is InChI=1S/C16H15BrN2O5/c1-10-3-5-13(12(17)7-10)18-16(20)9-24-15-6-4-11(23-2)8-14(15)19(21)22/h3-8H,9H2,1-2H3,(H,18,20). The maximum atomic E-state index is 12.0. The van der Waals surface area contributed by atoms with Crippen molar-refractivity contribution in [2.24, 2.45) is 0 Å². The van der Waals surface area contributed by atoms with E-state index in [1.165, 1.54) is 25.3 Å². The van der Waals surface area contributed by atoms with Gasteiger partial charge >= 0.3 is 5.69 Å². The number of ether oxygens (including phenoxy) is 2. The molecule has 0 bridgehead atoms. The summed E-state index contributed by atoms with van der Waals surface area (Å²) in [6, 6.07) is 9.64. The molecule has 0 aliphatic heterocycles. The number of nitro benzene ring substituents is 1. The van der Waals surface area contributed by atoms with E-state index in [1.54, 1.807) is 6.07 Å². The number of carbonyl (C=O) groups excluding carboxylic acids is 1. The predicted octanol–water partition coefficient (Wildman–Crippen LogP) is 3.69. The van der Waals surface area contributed by atoms with E-state index >= 15 is 0 Å². The molecule has 2 aromatic carbocycles. The third-order valence-corrected chi connectivity index (χ3v) is 3.78. The van der Waals surface area contributed by atoms with E-state index in [0.29, 0.717) is 11.4 Å². The van der Waals surface area contributed by atoms with Crippen molar-refractivity contribution in [3.8, 4) is 11.5 Å². The largest absolute Gasteiger partial charge is 0.496 e. The highest BCUT2D eigenvalue weighted by molar-refractivity contribution is 9.10. The fourth-order valence-electron chi connectivity index (χ4n) is 1.94. The van der Waals surface area contributed by atoms with Crippen molar-refractivity contribution in [2.45, 2.75) is 6.92 Å². The summed E-state index contributed by atoms with van der Waals surface area (Å²) in [5, 5.41) is 13.7. The highest BCUT2D eigenvalue weighted by Crippen LogP contribution is 2.31. The SMILES string of the molecule is COc1ccc(OCC(=O)Nc2ccc(C)cc2Br)c([N+](=O)[O-])c1. The number of nitro groups is 1. The highest BCUT2D eigenvalue weighted by atomic mass is 79.9. The molecule has 0 unspecified atom stereocenters. The van der Waals surface area contributed by atoms with Gasteiger partial charge in [-0.25, -0.2) is 0 Å². The van der Waals surface area contributed by atoms with Gasteiger partial charge in [-0.15, -0.1) is 0 Å². The molecule has 0 fully saturated rings. The Bertz CT molecular complexity index is 779. The quantitative estimate of drug-likeness (QED) is 0.595. The number of carbonyl (C=O) groups is 1. The molecule has 0 aliphatic rings. The van der Waals surface area contributed by atoms with E-state index in [-0.39, 0.29) is 18.0 Å². The van der Waals surface area contributed by atoms with Crippen molar-refractivity contribution in [3.63, 3.8) is 0 Å². The average Bonchev–Trinajstić information content (AvgIpc) is 2.55. The van der Waals surface area contributed by atoms with Gasteiger partial charge < -0.3 is 14.8 Å². The Balaban J connectivity index is 2.05. The average molecular weight is 395 g/mol. The number of hydrogen-bond acceptors (Lipinski definition) is 5. The minimum absolute atomic E-state index is 0.000998. The number of benzene rings is 2. The van der Waals surface area contributed by atoms with Gasteiger partial charge in [0.1, 0.15) is 5.75 Å². The van der Waals surface area contributed by atoms with Crippen LogP contribution in [0.2, 0.25) is 0 Å². The molecule has 2 rings (SSSR count). The molecule has 0 radical (unpaired) electrons. The maximum Gasteiger partial charge on any atom is 0.314 e. The number of hydrogen-bond donors (Lipinski definition) is 1. The van der Waals surface area contributed by atoms with E-state index in [2.05, 4.69) is 21.2 Å². The second-order valence-electron chi connectivity index (χ2n) is 4.91. The van der Waals surface area contributed by atoms with Crippen LogP contribution in [0.3, 0.4) is 0 Å². The summed E-state index contributed by atoms with van der Waals surface area (Å²) in [5.41, 5.74) is 1.38. The maximum absolute atomic E-state index is 12.0. The molecule has 24 heavy (non-hydrogen) atoms. The molecule has 0 heterocycles. The van der Waals surface area contributed by atoms with Crippen molar-refractivity contribution in [2.75, 3.05) is 19.0 Å². The Labute approximate surface area is 146 Å². The first-order valence-corrected chi connectivity index (χ1v) is 7.71. The van der Waals surface area contributed by atoms with Crippen LogP contribution in [0.1, 0.15) is 5.56 Å². The number of methoxy groups -OCH3 is 1. The van der Waals surface area contributed by atoms with Gasteiger partial charge in [-0.1, -0.05) is 6.07 Å². The molecule has 8 heteroatoms.